The van der Waals surface area contributed by atoms with Crippen LogP contribution in [0.15, 0.2) is 95.8 Å². The fraction of sp³-hybridized carbons (Fsp3) is 0.0333. The maximum absolute atomic E-state index is 13.0. The van der Waals surface area contributed by atoms with E-state index in [9.17, 15) is 14.7 Å². The number of Topliss-reactive ketones (excluding diaryl/α,β-unsaturated/α-hetero) is 2. The maximum Gasteiger partial charge on any atom is 0.237 e. The number of carbonyl (C=O) groups is 2. The van der Waals surface area contributed by atoms with Crippen LogP contribution in [0.4, 0.5) is 5.69 Å². The van der Waals surface area contributed by atoms with Crippen LogP contribution in [0, 0.1) is 0 Å². The number of aromatic amines is 1. The first-order valence-corrected chi connectivity index (χ1v) is 11.4. The van der Waals surface area contributed by atoms with Gasteiger partial charge in [-0.25, -0.2) is 0 Å². The van der Waals surface area contributed by atoms with E-state index >= 15 is 0 Å². The highest BCUT2D eigenvalue weighted by atomic mass is 16.3. The molecule has 1 aliphatic carbocycles. The molecule has 35 heavy (non-hydrogen) atoms. The number of hydrogen-bond donors (Lipinski definition) is 2. The predicted octanol–water partition coefficient (Wildman–Crippen LogP) is 4.64. The van der Waals surface area contributed by atoms with Gasteiger partial charge in [-0.05, 0) is 29.0 Å². The van der Waals surface area contributed by atoms with Crippen molar-refractivity contribution in [3.8, 4) is 0 Å². The SMILES string of the molecule is C[N+]1=C(/C=C2\C(=O)C(=O)C(/C=c3/[nH]c4cccc5cccc3c54)=C2O)c2cccc3cccc1c23. The number of nitrogens with one attached hydrogen (secondary N) is 1. The molecule has 0 atom stereocenters. The van der Waals surface area contributed by atoms with E-state index in [0.717, 1.165) is 49.4 Å². The van der Waals surface area contributed by atoms with Crippen molar-refractivity contribution in [1.82, 2.24) is 4.98 Å². The zero-order chi connectivity index (χ0) is 23.8. The topological polar surface area (TPSA) is 73.2 Å². The third kappa shape index (κ3) is 2.60. The molecular formula is C30H19N2O3+. The minimum absolute atomic E-state index is 0.00512. The van der Waals surface area contributed by atoms with Crippen molar-refractivity contribution in [3.63, 3.8) is 0 Å². The summed E-state index contributed by atoms with van der Waals surface area (Å²) in [6.07, 6.45) is 3.22. The quantitative estimate of drug-likeness (QED) is 0.231. The summed E-state index contributed by atoms with van der Waals surface area (Å²) in [6.45, 7) is 0. The summed E-state index contributed by atoms with van der Waals surface area (Å²) in [5, 5.41) is 17.0. The number of H-pyrrole nitrogens is 1. The van der Waals surface area contributed by atoms with E-state index in [1.165, 1.54) is 0 Å². The lowest BCUT2D eigenvalue weighted by atomic mass is 10.0. The monoisotopic (exact) mass is 455 g/mol. The van der Waals surface area contributed by atoms with Gasteiger partial charge in [0.05, 0.1) is 22.1 Å². The van der Waals surface area contributed by atoms with Crippen LogP contribution in [0.25, 0.3) is 38.5 Å². The average molecular weight is 455 g/mol. The van der Waals surface area contributed by atoms with Crippen LogP contribution in [0.1, 0.15) is 5.56 Å². The van der Waals surface area contributed by atoms with E-state index in [2.05, 4.69) is 4.98 Å². The van der Waals surface area contributed by atoms with Crippen LogP contribution in [0.5, 0.6) is 0 Å². The predicted molar refractivity (Wildman–Crippen MR) is 137 cm³/mol. The van der Waals surface area contributed by atoms with E-state index in [0.29, 0.717) is 5.35 Å². The number of nitrogens with zero attached hydrogens (tertiary/aromatic N) is 1. The van der Waals surface area contributed by atoms with Gasteiger partial charge in [0, 0.05) is 33.8 Å². The van der Waals surface area contributed by atoms with E-state index in [-0.39, 0.29) is 16.9 Å². The molecule has 0 bridgehead atoms. The summed E-state index contributed by atoms with van der Waals surface area (Å²) >= 11 is 0. The lowest BCUT2D eigenvalue weighted by Gasteiger charge is -1.98. The molecule has 1 aliphatic heterocycles. The Morgan fingerprint density at radius 3 is 2.29 bits per heavy atom. The summed E-state index contributed by atoms with van der Waals surface area (Å²) in [5.74, 6) is -1.70. The molecule has 0 fully saturated rings. The zero-order valence-electron chi connectivity index (χ0n) is 18.8. The van der Waals surface area contributed by atoms with E-state index in [1.807, 2.05) is 84.4 Å². The summed E-state index contributed by atoms with van der Waals surface area (Å²) in [5.41, 5.74) is 3.71. The van der Waals surface area contributed by atoms with Crippen LogP contribution in [-0.2, 0) is 9.59 Å². The molecule has 0 spiro atoms. The highest BCUT2D eigenvalue weighted by molar-refractivity contribution is 6.55. The Bertz CT molecular complexity index is 1940. The second-order valence-electron chi connectivity index (χ2n) is 9.00. The second kappa shape index (κ2) is 6.87. The standard InChI is InChI=1S/C30H18N2O3/c1-32-24-13-5-9-17-7-3-11-19(27(17)24)25(32)15-21-28(33)20(29(34)30(21)35)14-23-18-10-2-6-16-8-4-12-22(31-23)26(16)18/h2-15H,1H3,(H,33,35)/p+1. The van der Waals surface area contributed by atoms with Gasteiger partial charge in [-0.2, -0.15) is 4.58 Å². The molecule has 2 N–H and O–H groups in total. The molecule has 2 aliphatic rings. The third-order valence-corrected chi connectivity index (χ3v) is 7.12. The van der Waals surface area contributed by atoms with Crippen LogP contribution in [0.2, 0.25) is 0 Å². The van der Waals surface area contributed by atoms with Gasteiger partial charge in [-0.1, -0.05) is 54.6 Å². The molecule has 0 radical (unpaired) electrons. The first kappa shape index (κ1) is 19.7. The minimum atomic E-state index is -0.705. The van der Waals surface area contributed by atoms with Crippen molar-refractivity contribution < 1.29 is 19.3 Å². The number of allylic oxidation sites excluding steroid dienone is 3. The number of aliphatic hydroxyl groups excluding tert-OH is 1. The molecule has 4 aromatic carbocycles. The molecule has 5 heteroatoms. The molecular weight excluding hydrogens is 436 g/mol. The Morgan fingerprint density at radius 2 is 1.49 bits per heavy atom. The fourth-order valence-corrected chi connectivity index (χ4v) is 5.45. The summed E-state index contributed by atoms with van der Waals surface area (Å²) in [7, 11) is 1.92. The van der Waals surface area contributed by atoms with E-state index < -0.39 is 11.6 Å². The number of rotatable bonds is 2. The average Bonchev–Trinajstić information content (AvgIpc) is 3.44. The molecule has 0 unspecified atom stereocenters. The first-order chi connectivity index (χ1) is 17.0. The van der Waals surface area contributed by atoms with Crippen molar-refractivity contribution in [1.29, 1.82) is 0 Å². The second-order valence-corrected chi connectivity index (χ2v) is 9.00. The lowest BCUT2D eigenvalue weighted by Crippen LogP contribution is -2.14. The van der Waals surface area contributed by atoms with Gasteiger partial charge in [0.15, 0.2) is 0 Å². The lowest BCUT2D eigenvalue weighted by molar-refractivity contribution is -0.399. The highest BCUT2D eigenvalue weighted by Gasteiger charge is 2.38. The van der Waals surface area contributed by atoms with Gasteiger partial charge >= 0.3 is 0 Å². The molecule has 0 saturated heterocycles. The smallest absolute Gasteiger partial charge is 0.237 e. The Kier molecular flexibility index (Phi) is 3.86. The van der Waals surface area contributed by atoms with Crippen LogP contribution >= 0.6 is 0 Å². The van der Waals surface area contributed by atoms with Gasteiger partial charge in [-0.3, -0.25) is 9.59 Å². The molecule has 0 amide bonds. The fourth-order valence-electron chi connectivity index (χ4n) is 5.45. The number of benzene rings is 4. The largest absolute Gasteiger partial charge is 0.506 e. The molecule has 7 rings (SSSR count). The molecule has 5 nitrogen and oxygen atoms in total. The number of aromatic nitrogens is 1. The molecule has 166 valence electrons. The third-order valence-electron chi connectivity index (χ3n) is 7.12. The number of hydrogen-bond acceptors (Lipinski definition) is 3. The van der Waals surface area contributed by atoms with Gasteiger partial charge in [0.2, 0.25) is 23.0 Å². The van der Waals surface area contributed by atoms with Crippen molar-refractivity contribution in [3.05, 3.63) is 107 Å². The maximum atomic E-state index is 13.0. The first-order valence-electron chi connectivity index (χ1n) is 11.4. The Morgan fingerprint density at radius 1 is 0.800 bits per heavy atom. The number of aliphatic hydroxyl groups is 1. The summed E-state index contributed by atoms with van der Waals surface area (Å²) in [4.78, 5) is 29.3. The van der Waals surface area contributed by atoms with Crippen LogP contribution in [0.3, 0.4) is 0 Å². The van der Waals surface area contributed by atoms with Gasteiger partial charge in [0.25, 0.3) is 0 Å². The van der Waals surface area contributed by atoms with Crippen LogP contribution < -0.4 is 5.35 Å². The summed E-state index contributed by atoms with van der Waals surface area (Å²) < 4.78 is 1.99. The van der Waals surface area contributed by atoms with Crippen LogP contribution in [-0.4, -0.2) is 39.0 Å². The molecule has 5 aromatic rings. The molecule has 0 saturated carbocycles. The minimum Gasteiger partial charge on any atom is -0.506 e. The molecule has 2 heterocycles. The number of ketones is 2. The molecule has 1 aromatic heterocycles. The van der Waals surface area contributed by atoms with Crippen molar-refractivity contribution in [2.45, 2.75) is 0 Å². The Hall–Kier alpha value is -4.77. The number of carbonyl (C=O) groups excluding carboxylic acids is 2. The normalized spacial score (nSPS) is 17.5. The van der Waals surface area contributed by atoms with Crippen molar-refractivity contribution in [2.24, 2.45) is 0 Å². The van der Waals surface area contributed by atoms with Gasteiger partial charge < -0.3 is 10.1 Å². The van der Waals surface area contributed by atoms with Gasteiger partial charge in [0.1, 0.15) is 12.8 Å². The van der Waals surface area contributed by atoms with E-state index in [4.69, 9.17) is 0 Å². The Labute approximate surface area is 199 Å². The van der Waals surface area contributed by atoms with Crippen molar-refractivity contribution in [2.75, 3.05) is 7.05 Å². The highest BCUT2D eigenvalue weighted by Crippen LogP contribution is 2.36. The van der Waals surface area contributed by atoms with E-state index in [1.54, 1.807) is 12.2 Å². The van der Waals surface area contributed by atoms with Gasteiger partial charge in [-0.15, -0.1) is 0 Å². The van der Waals surface area contributed by atoms with Crippen molar-refractivity contribution >= 4 is 61.5 Å². The Balaban J connectivity index is 1.42. The zero-order valence-corrected chi connectivity index (χ0v) is 18.8. The summed E-state index contributed by atoms with van der Waals surface area (Å²) in [6, 6.07) is 24.0.